The molecule has 1 saturated heterocycles. The minimum Gasteiger partial charge on any atom is -0.491 e. The van der Waals surface area contributed by atoms with Crippen LogP contribution in [0.25, 0.3) is 10.2 Å². The van der Waals surface area contributed by atoms with Crippen molar-refractivity contribution in [1.82, 2.24) is 10.3 Å². The third-order valence-electron chi connectivity index (χ3n) is 6.80. The van der Waals surface area contributed by atoms with Crippen molar-refractivity contribution in [3.63, 3.8) is 0 Å². The number of carbonyl (C=O) groups is 1. The smallest absolute Gasteiger partial charge is 0.263 e. The number of nitrogens with one attached hydrogen (secondary N) is 1. The number of nitrogen functional groups attached to an aromatic ring is 1. The number of anilines is 2. The Balaban J connectivity index is 1.12. The number of fused-ring (bicyclic) bond motifs is 2. The molecule has 4 heterocycles. The molecule has 5 N–H and O–H groups in total. The highest BCUT2D eigenvalue weighted by Gasteiger charge is 2.36. The minimum atomic E-state index is -0.181. The first-order chi connectivity index (χ1) is 16.4. The van der Waals surface area contributed by atoms with E-state index in [-0.39, 0.29) is 24.1 Å². The molecule has 0 spiro atoms. The summed E-state index contributed by atoms with van der Waals surface area (Å²) in [7, 11) is 0. The number of aromatic nitrogens is 1. The van der Waals surface area contributed by atoms with Crippen molar-refractivity contribution < 1.29 is 14.3 Å². The molecular weight excluding hydrogens is 450 g/mol. The first-order valence-corrected chi connectivity index (χ1v) is 12.6. The minimum absolute atomic E-state index is 0.0256. The quantitative estimate of drug-likeness (QED) is 0.515. The van der Waals surface area contributed by atoms with E-state index in [1.165, 1.54) is 11.3 Å². The van der Waals surface area contributed by atoms with Crippen molar-refractivity contribution >= 4 is 38.8 Å². The van der Waals surface area contributed by atoms with Crippen molar-refractivity contribution in [2.75, 3.05) is 30.3 Å². The van der Waals surface area contributed by atoms with Crippen molar-refractivity contribution in [2.24, 2.45) is 5.73 Å². The Labute approximate surface area is 202 Å². The van der Waals surface area contributed by atoms with Gasteiger partial charge in [-0.3, -0.25) is 4.79 Å². The fourth-order valence-electron chi connectivity index (χ4n) is 4.76. The number of amides is 1. The van der Waals surface area contributed by atoms with Crippen molar-refractivity contribution in [1.29, 1.82) is 0 Å². The number of rotatable bonds is 5. The molecule has 1 amide bonds. The number of ether oxygens (including phenoxy) is 2. The second-order valence-corrected chi connectivity index (χ2v) is 10.6. The first kappa shape index (κ1) is 21.6. The van der Waals surface area contributed by atoms with Gasteiger partial charge in [-0.15, -0.1) is 11.3 Å². The van der Waals surface area contributed by atoms with E-state index in [1.54, 1.807) is 0 Å². The SMILES string of the molecule is Cc1ccc2c(N)c(C(=O)N[C@H]3COc4cc(N5C[C@H](OC6CC6)[C@@H](N)C5)ccc4C3)sc2n1. The van der Waals surface area contributed by atoms with Crippen molar-refractivity contribution in [2.45, 2.75) is 50.5 Å². The highest BCUT2D eigenvalue weighted by molar-refractivity contribution is 7.21. The van der Waals surface area contributed by atoms with Crippen LogP contribution in [0.5, 0.6) is 5.75 Å². The van der Waals surface area contributed by atoms with Crippen molar-refractivity contribution in [3.8, 4) is 5.75 Å². The maximum Gasteiger partial charge on any atom is 0.263 e. The van der Waals surface area contributed by atoms with E-state index in [2.05, 4.69) is 33.4 Å². The number of nitrogens with zero attached hydrogens (tertiary/aromatic N) is 2. The van der Waals surface area contributed by atoms with Crippen LogP contribution in [0.4, 0.5) is 11.4 Å². The van der Waals surface area contributed by atoms with Crippen LogP contribution in [0, 0.1) is 6.92 Å². The van der Waals surface area contributed by atoms with Gasteiger partial charge in [0.1, 0.15) is 22.1 Å². The van der Waals surface area contributed by atoms with E-state index >= 15 is 0 Å². The summed E-state index contributed by atoms with van der Waals surface area (Å²) in [5, 5.41) is 3.92. The van der Waals surface area contributed by atoms with Crippen LogP contribution in [0.3, 0.4) is 0 Å². The molecular formula is C25H29N5O3S. The van der Waals surface area contributed by atoms with E-state index in [0.717, 1.165) is 58.8 Å². The summed E-state index contributed by atoms with van der Waals surface area (Å²) < 4.78 is 12.1. The van der Waals surface area contributed by atoms with Gasteiger partial charge in [0.15, 0.2) is 0 Å². The van der Waals surface area contributed by atoms with E-state index in [0.29, 0.717) is 29.7 Å². The fourth-order valence-corrected chi connectivity index (χ4v) is 5.81. The number of carbonyl (C=O) groups excluding carboxylic acids is 1. The fraction of sp³-hybridized carbons (Fsp3) is 0.440. The van der Waals surface area contributed by atoms with Gasteiger partial charge in [0, 0.05) is 35.9 Å². The molecule has 0 unspecified atom stereocenters. The lowest BCUT2D eigenvalue weighted by Gasteiger charge is -2.28. The number of thiophene rings is 1. The molecule has 2 fully saturated rings. The first-order valence-electron chi connectivity index (χ1n) is 11.8. The average Bonchev–Trinajstić information content (AvgIpc) is 3.48. The number of benzene rings is 1. The van der Waals surface area contributed by atoms with Crippen LogP contribution in [-0.2, 0) is 11.2 Å². The lowest BCUT2D eigenvalue weighted by Crippen LogP contribution is -2.42. The van der Waals surface area contributed by atoms with Crippen LogP contribution >= 0.6 is 11.3 Å². The van der Waals surface area contributed by atoms with E-state index in [9.17, 15) is 4.79 Å². The van der Waals surface area contributed by atoms with Gasteiger partial charge < -0.3 is 31.2 Å². The summed E-state index contributed by atoms with van der Waals surface area (Å²) >= 11 is 1.33. The Morgan fingerprint density at radius 1 is 1.26 bits per heavy atom. The zero-order valence-electron chi connectivity index (χ0n) is 19.1. The lowest BCUT2D eigenvalue weighted by atomic mass is 10.0. The Morgan fingerprint density at radius 3 is 2.94 bits per heavy atom. The molecule has 1 saturated carbocycles. The Kier molecular flexibility index (Phi) is 5.35. The van der Waals surface area contributed by atoms with Gasteiger partial charge in [-0.1, -0.05) is 6.07 Å². The third kappa shape index (κ3) is 4.08. The molecule has 9 heteroatoms. The molecule has 2 aromatic heterocycles. The highest BCUT2D eigenvalue weighted by Crippen LogP contribution is 2.35. The number of aryl methyl sites for hydroxylation is 1. The number of nitrogens with two attached hydrogens (primary N) is 2. The second kappa shape index (κ2) is 8.41. The van der Waals surface area contributed by atoms with Crippen LogP contribution in [0.15, 0.2) is 30.3 Å². The lowest BCUT2D eigenvalue weighted by molar-refractivity contribution is 0.0450. The number of pyridine rings is 1. The zero-order chi connectivity index (χ0) is 23.4. The maximum absolute atomic E-state index is 13.0. The van der Waals surface area contributed by atoms with Gasteiger partial charge >= 0.3 is 0 Å². The molecule has 178 valence electrons. The summed E-state index contributed by atoms with van der Waals surface area (Å²) in [6.07, 6.45) is 3.50. The van der Waals surface area contributed by atoms with E-state index in [4.69, 9.17) is 20.9 Å². The van der Waals surface area contributed by atoms with Gasteiger partial charge in [-0.05, 0) is 49.9 Å². The summed E-state index contributed by atoms with van der Waals surface area (Å²) in [6, 6.07) is 10.0. The van der Waals surface area contributed by atoms with Gasteiger partial charge in [0.2, 0.25) is 0 Å². The van der Waals surface area contributed by atoms with Gasteiger partial charge in [-0.2, -0.15) is 0 Å². The standard InChI is InChI=1S/C25H29N5O3S/c1-13-2-7-18-22(27)23(34-25(18)28-13)24(31)29-15-8-14-3-4-16(9-20(14)32-12-15)30-10-19(26)21(11-30)33-17-5-6-17/h2-4,7,9,15,17,19,21H,5-6,8,10-12,26-27H2,1H3,(H,29,31)/t15-,19+,21+/m1/s1. The molecule has 3 aromatic rings. The van der Waals surface area contributed by atoms with Gasteiger partial charge in [0.25, 0.3) is 5.91 Å². The van der Waals surface area contributed by atoms with Crippen LogP contribution in [0.2, 0.25) is 0 Å². The molecule has 2 aliphatic heterocycles. The van der Waals surface area contributed by atoms with Crippen LogP contribution < -0.4 is 26.4 Å². The summed E-state index contributed by atoms with van der Waals surface area (Å²) in [5.41, 5.74) is 16.1. The molecule has 3 aliphatic rings. The normalized spacial score (nSPS) is 24.2. The predicted octanol–water partition coefficient (Wildman–Crippen LogP) is 2.62. The van der Waals surface area contributed by atoms with Crippen LogP contribution in [-0.4, -0.2) is 54.9 Å². The maximum atomic E-state index is 13.0. The number of hydrogen-bond acceptors (Lipinski definition) is 8. The molecule has 0 bridgehead atoms. The second-order valence-electron chi connectivity index (χ2n) is 9.57. The Bertz CT molecular complexity index is 1260. The molecule has 1 aromatic carbocycles. The monoisotopic (exact) mass is 479 g/mol. The molecule has 0 radical (unpaired) electrons. The molecule has 3 atom stereocenters. The Morgan fingerprint density at radius 2 is 2.12 bits per heavy atom. The van der Waals surface area contributed by atoms with E-state index < -0.39 is 0 Å². The highest BCUT2D eigenvalue weighted by atomic mass is 32.1. The zero-order valence-corrected chi connectivity index (χ0v) is 19.9. The average molecular weight is 480 g/mol. The van der Waals surface area contributed by atoms with Gasteiger partial charge in [-0.25, -0.2) is 4.98 Å². The predicted molar refractivity (Wildman–Crippen MR) is 134 cm³/mol. The largest absolute Gasteiger partial charge is 0.491 e. The molecule has 34 heavy (non-hydrogen) atoms. The van der Waals surface area contributed by atoms with Crippen LogP contribution in [0.1, 0.15) is 33.8 Å². The van der Waals surface area contributed by atoms with Gasteiger partial charge in [0.05, 0.1) is 30.0 Å². The Hall–Kier alpha value is -2.88. The molecule has 8 nitrogen and oxygen atoms in total. The summed E-state index contributed by atoms with van der Waals surface area (Å²) in [6.45, 7) is 3.92. The molecule has 6 rings (SSSR count). The van der Waals surface area contributed by atoms with Crippen molar-refractivity contribution in [3.05, 3.63) is 46.5 Å². The molecule has 1 aliphatic carbocycles. The number of hydrogen-bond donors (Lipinski definition) is 3. The third-order valence-corrected chi connectivity index (χ3v) is 7.91. The topological polar surface area (TPSA) is 116 Å². The van der Waals surface area contributed by atoms with E-state index in [1.807, 2.05) is 19.1 Å². The summed E-state index contributed by atoms with van der Waals surface area (Å²) in [5.74, 6) is 0.684. The summed E-state index contributed by atoms with van der Waals surface area (Å²) in [4.78, 5) is 21.0.